The fraction of sp³-hybridized carbons (Fsp3) is 0.583. The van der Waals surface area contributed by atoms with Crippen molar-refractivity contribution in [2.75, 3.05) is 19.6 Å². The van der Waals surface area contributed by atoms with Crippen LogP contribution in [0.3, 0.4) is 0 Å². The van der Waals surface area contributed by atoms with Crippen LogP contribution in [0.5, 0.6) is 0 Å². The van der Waals surface area contributed by atoms with Gasteiger partial charge in [0.1, 0.15) is 0 Å². The first-order valence-electron chi connectivity index (χ1n) is 6.15. The molecule has 1 aliphatic rings. The average molecular weight is 306 g/mol. The molecule has 5 nitrogen and oxygen atoms in total. The van der Waals surface area contributed by atoms with Crippen LogP contribution in [-0.4, -0.2) is 36.4 Å². The molecule has 0 saturated carbocycles. The van der Waals surface area contributed by atoms with Crippen molar-refractivity contribution in [1.29, 1.82) is 0 Å². The summed E-state index contributed by atoms with van der Waals surface area (Å²) in [5.74, 6) is 0. The lowest BCUT2D eigenvalue weighted by Gasteiger charge is -2.32. The van der Waals surface area contributed by atoms with Crippen LogP contribution in [0.25, 0.3) is 0 Å². The molecule has 0 bridgehead atoms. The SMILES string of the molecule is Cl.O=C(NCc1cccs1)NCC1(O)CCCNC1. The second-order valence-corrected chi connectivity index (χ2v) is 5.65. The highest BCUT2D eigenvalue weighted by Crippen LogP contribution is 2.14. The standard InChI is InChI=1S/C12H19N3O2S.ClH/c16-11(14-7-10-3-1-6-18-10)15-9-12(17)4-2-5-13-8-12;/h1,3,6,13,17H,2,4-5,7-9H2,(H2,14,15,16);1H. The minimum atomic E-state index is -0.807. The second kappa shape index (κ2) is 7.69. The van der Waals surface area contributed by atoms with E-state index in [-0.39, 0.29) is 25.0 Å². The molecule has 19 heavy (non-hydrogen) atoms. The predicted octanol–water partition coefficient (Wildman–Crippen LogP) is 1.08. The molecule has 1 fully saturated rings. The Balaban J connectivity index is 0.00000180. The molecule has 1 saturated heterocycles. The van der Waals surface area contributed by atoms with Crippen LogP contribution in [0, 0.1) is 0 Å². The zero-order chi connectivity index (χ0) is 12.8. The molecular weight excluding hydrogens is 286 g/mol. The van der Waals surface area contributed by atoms with Crippen molar-refractivity contribution in [2.45, 2.75) is 25.0 Å². The number of carbonyl (C=O) groups is 1. The molecule has 0 spiro atoms. The lowest BCUT2D eigenvalue weighted by molar-refractivity contribution is 0.0194. The number of halogens is 1. The van der Waals surface area contributed by atoms with E-state index in [0.29, 0.717) is 13.1 Å². The van der Waals surface area contributed by atoms with Gasteiger partial charge in [-0.05, 0) is 30.8 Å². The van der Waals surface area contributed by atoms with Crippen LogP contribution in [0.15, 0.2) is 17.5 Å². The van der Waals surface area contributed by atoms with Gasteiger partial charge in [0.05, 0.1) is 12.1 Å². The Morgan fingerprint density at radius 2 is 2.37 bits per heavy atom. The molecule has 1 aromatic rings. The van der Waals surface area contributed by atoms with Crippen LogP contribution >= 0.6 is 23.7 Å². The monoisotopic (exact) mass is 305 g/mol. The quantitative estimate of drug-likeness (QED) is 0.673. The third-order valence-corrected chi connectivity index (χ3v) is 3.91. The van der Waals surface area contributed by atoms with Crippen molar-refractivity contribution < 1.29 is 9.90 Å². The number of amides is 2. The molecule has 7 heteroatoms. The third kappa shape index (κ3) is 5.36. The molecule has 0 aromatic carbocycles. The van der Waals surface area contributed by atoms with Gasteiger partial charge in [-0.2, -0.15) is 0 Å². The highest BCUT2D eigenvalue weighted by atomic mass is 35.5. The van der Waals surface area contributed by atoms with Crippen LogP contribution < -0.4 is 16.0 Å². The first kappa shape index (κ1) is 16.2. The van der Waals surface area contributed by atoms with Gasteiger partial charge in [0.2, 0.25) is 0 Å². The van der Waals surface area contributed by atoms with E-state index in [1.54, 1.807) is 11.3 Å². The van der Waals surface area contributed by atoms with Gasteiger partial charge in [-0.15, -0.1) is 23.7 Å². The number of rotatable bonds is 4. The van der Waals surface area contributed by atoms with E-state index in [0.717, 1.165) is 24.3 Å². The van der Waals surface area contributed by atoms with Crippen LogP contribution in [0.2, 0.25) is 0 Å². The number of thiophene rings is 1. The molecule has 2 rings (SSSR count). The number of hydrogen-bond donors (Lipinski definition) is 4. The second-order valence-electron chi connectivity index (χ2n) is 4.62. The van der Waals surface area contributed by atoms with Crippen molar-refractivity contribution >= 4 is 29.8 Å². The Kier molecular flexibility index (Phi) is 6.57. The zero-order valence-corrected chi connectivity index (χ0v) is 12.3. The number of urea groups is 1. The maximum atomic E-state index is 11.6. The lowest BCUT2D eigenvalue weighted by Crippen LogP contribution is -2.54. The molecule has 1 atom stereocenters. The van der Waals surface area contributed by atoms with E-state index >= 15 is 0 Å². The number of carbonyl (C=O) groups excluding carboxylic acids is 1. The maximum absolute atomic E-state index is 11.6. The number of piperidine rings is 1. The van der Waals surface area contributed by atoms with Gasteiger partial charge in [0.25, 0.3) is 0 Å². The Labute approximate surface area is 123 Å². The summed E-state index contributed by atoms with van der Waals surface area (Å²) in [6.07, 6.45) is 1.67. The molecule has 0 aliphatic carbocycles. The minimum absolute atomic E-state index is 0. The van der Waals surface area contributed by atoms with Crippen molar-refractivity contribution in [2.24, 2.45) is 0 Å². The highest BCUT2D eigenvalue weighted by molar-refractivity contribution is 7.09. The van der Waals surface area contributed by atoms with Gasteiger partial charge in [0, 0.05) is 18.0 Å². The summed E-state index contributed by atoms with van der Waals surface area (Å²) in [4.78, 5) is 12.7. The van der Waals surface area contributed by atoms with Gasteiger partial charge < -0.3 is 21.1 Å². The first-order chi connectivity index (χ1) is 8.68. The summed E-state index contributed by atoms with van der Waals surface area (Å²) >= 11 is 1.61. The molecule has 108 valence electrons. The van der Waals surface area contributed by atoms with E-state index < -0.39 is 5.60 Å². The van der Waals surface area contributed by atoms with Gasteiger partial charge in [0.15, 0.2) is 0 Å². The van der Waals surface area contributed by atoms with Gasteiger partial charge >= 0.3 is 6.03 Å². The van der Waals surface area contributed by atoms with Crippen molar-refractivity contribution in [1.82, 2.24) is 16.0 Å². The largest absolute Gasteiger partial charge is 0.387 e. The molecule has 1 aliphatic heterocycles. The average Bonchev–Trinajstić information content (AvgIpc) is 2.88. The summed E-state index contributed by atoms with van der Waals surface area (Å²) in [6, 6.07) is 3.70. The number of nitrogens with one attached hydrogen (secondary N) is 3. The summed E-state index contributed by atoms with van der Waals surface area (Å²) in [6.45, 7) is 2.29. The van der Waals surface area contributed by atoms with Crippen molar-refractivity contribution in [3.8, 4) is 0 Å². The molecule has 2 amide bonds. The van der Waals surface area contributed by atoms with Gasteiger partial charge in [-0.3, -0.25) is 0 Å². The number of hydrogen-bond acceptors (Lipinski definition) is 4. The Bertz CT molecular complexity index is 380. The van der Waals surface area contributed by atoms with E-state index in [9.17, 15) is 9.90 Å². The summed E-state index contributed by atoms with van der Waals surface area (Å²) in [5.41, 5.74) is -0.807. The van der Waals surface area contributed by atoms with E-state index in [1.807, 2.05) is 17.5 Å². The van der Waals surface area contributed by atoms with Gasteiger partial charge in [-0.1, -0.05) is 6.07 Å². The lowest BCUT2D eigenvalue weighted by atomic mass is 9.94. The molecule has 4 N–H and O–H groups in total. The van der Waals surface area contributed by atoms with Crippen LogP contribution in [-0.2, 0) is 6.54 Å². The molecule has 0 radical (unpaired) electrons. The number of β-amino-alcohol motifs (C(OH)–C–C–N with tert-alkyl or cyclic N) is 1. The van der Waals surface area contributed by atoms with Gasteiger partial charge in [-0.25, -0.2) is 4.79 Å². The minimum Gasteiger partial charge on any atom is -0.387 e. The molecular formula is C12H20ClN3O2S. The van der Waals surface area contributed by atoms with Crippen LogP contribution in [0.4, 0.5) is 4.79 Å². The highest BCUT2D eigenvalue weighted by Gasteiger charge is 2.29. The number of aliphatic hydroxyl groups is 1. The fourth-order valence-electron chi connectivity index (χ4n) is 1.99. The van der Waals surface area contributed by atoms with E-state index in [4.69, 9.17) is 0 Å². The normalized spacial score (nSPS) is 22.4. The third-order valence-electron chi connectivity index (χ3n) is 3.03. The zero-order valence-electron chi connectivity index (χ0n) is 10.6. The molecule has 2 heterocycles. The van der Waals surface area contributed by atoms with Crippen molar-refractivity contribution in [3.05, 3.63) is 22.4 Å². The molecule has 1 unspecified atom stereocenters. The van der Waals surface area contributed by atoms with Crippen molar-refractivity contribution in [3.63, 3.8) is 0 Å². The van der Waals surface area contributed by atoms with E-state index in [2.05, 4.69) is 16.0 Å². The Hall–Kier alpha value is -0.820. The summed E-state index contributed by atoms with van der Waals surface area (Å²) < 4.78 is 0. The fourth-order valence-corrected chi connectivity index (χ4v) is 2.64. The maximum Gasteiger partial charge on any atom is 0.315 e. The predicted molar refractivity (Wildman–Crippen MR) is 78.9 cm³/mol. The summed E-state index contributed by atoms with van der Waals surface area (Å²) in [7, 11) is 0. The summed E-state index contributed by atoms with van der Waals surface area (Å²) in [5, 5.41) is 20.8. The first-order valence-corrected chi connectivity index (χ1v) is 7.03. The Morgan fingerprint density at radius 1 is 1.53 bits per heavy atom. The smallest absolute Gasteiger partial charge is 0.315 e. The Morgan fingerprint density at radius 3 is 3.00 bits per heavy atom. The molecule has 1 aromatic heterocycles. The topological polar surface area (TPSA) is 73.4 Å². The van der Waals surface area contributed by atoms with Crippen LogP contribution in [0.1, 0.15) is 17.7 Å². The van der Waals surface area contributed by atoms with E-state index in [1.165, 1.54) is 0 Å².